The molecular formula is C16H33IN4O3. The van der Waals surface area contributed by atoms with Crippen molar-refractivity contribution in [2.75, 3.05) is 66.8 Å². The highest BCUT2D eigenvalue weighted by Gasteiger charge is 2.31. The molecule has 2 saturated heterocycles. The molecule has 2 fully saturated rings. The van der Waals surface area contributed by atoms with Gasteiger partial charge in [-0.3, -0.25) is 9.89 Å². The first kappa shape index (κ1) is 21.9. The van der Waals surface area contributed by atoms with Crippen molar-refractivity contribution in [3.63, 3.8) is 0 Å². The number of aliphatic imine (C=N–C) groups is 1. The Hall–Kier alpha value is -0.160. The van der Waals surface area contributed by atoms with Gasteiger partial charge in [-0.1, -0.05) is 0 Å². The van der Waals surface area contributed by atoms with Crippen molar-refractivity contribution >= 4 is 29.9 Å². The fourth-order valence-corrected chi connectivity index (χ4v) is 3.07. The maximum atomic E-state index is 5.95. The molecule has 0 bridgehead atoms. The topological polar surface area (TPSA) is 67.4 Å². The van der Waals surface area contributed by atoms with Gasteiger partial charge in [0.15, 0.2) is 5.96 Å². The molecule has 7 nitrogen and oxygen atoms in total. The lowest BCUT2D eigenvalue weighted by atomic mass is 10.2. The molecule has 2 heterocycles. The molecule has 8 heteroatoms. The Morgan fingerprint density at radius 2 is 2.17 bits per heavy atom. The minimum atomic E-state index is 0. The van der Waals surface area contributed by atoms with Crippen molar-refractivity contribution in [3.8, 4) is 0 Å². The van der Waals surface area contributed by atoms with E-state index in [0.29, 0.717) is 19.3 Å². The fraction of sp³-hybridized carbons (Fsp3) is 0.938. The third-order valence-electron chi connectivity index (χ3n) is 4.37. The molecular weight excluding hydrogens is 423 g/mol. The van der Waals surface area contributed by atoms with Crippen LogP contribution in [-0.4, -0.2) is 89.8 Å². The van der Waals surface area contributed by atoms with Gasteiger partial charge in [-0.05, 0) is 25.8 Å². The molecule has 0 spiro atoms. The molecule has 2 aliphatic heterocycles. The number of methoxy groups -OCH3 is 1. The first-order valence-corrected chi connectivity index (χ1v) is 8.70. The molecule has 2 atom stereocenters. The molecule has 24 heavy (non-hydrogen) atoms. The Balaban J connectivity index is 0.00000288. The fourth-order valence-electron chi connectivity index (χ4n) is 3.07. The van der Waals surface area contributed by atoms with Crippen LogP contribution >= 0.6 is 24.0 Å². The SMILES string of the molecule is CN=C(NCCCOCCOC)NCC1CN2CCCC2CO1.I. The molecule has 142 valence electrons. The van der Waals surface area contributed by atoms with E-state index in [0.717, 1.165) is 45.2 Å². The molecule has 0 aliphatic carbocycles. The van der Waals surface area contributed by atoms with Gasteiger partial charge < -0.3 is 24.8 Å². The van der Waals surface area contributed by atoms with Crippen molar-refractivity contribution in [1.29, 1.82) is 0 Å². The highest BCUT2D eigenvalue weighted by atomic mass is 127. The Morgan fingerprint density at radius 3 is 2.96 bits per heavy atom. The summed E-state index contributed by atoms with van der Waals surface area (Å²) in [6, 6.07) is 0.654. The van der Waals surface area contributed by atoms with Gasteiger partial charge in [0, 0.05) is 46.4 Å². The van der Waals surface area contributed by atoms with E-state index in [4.69, 9.17) is 14.2 Å². The lowest BCUT2D eigenvalue weighted by molar-refractivity contribution is -0.0453. The van der Waals surface area contributed by atoms with Gasteiger partial charge in [-0.25, -0.2) is 0 Å². The van der Waals surface area contributed by atoms with Gasteiger partial charge in [0.1, 0.15) is 0 Å². The van der Waals surface area contributed by atoms with E-state index in [9.17, 15) is 0 Å². The van der Waals surface area contributed by atoms with Crippen LogP contribution in [0.4, 0.5) is 0 Å². The van der Waals surface area contributed by atoms with Crippen molar-refractivity contribution < 1.29 is 14.2 Å². The number of nitrogens with one attached hydrogen (secondary N) is 2. The van der Waals surface area contributed by atoms with E-state index in [2.05, 4.69) is 20.5 Å². The molecule has 2 aliphatic rings. The van der Waals surface area contributed by atoms with Crippen LogP contribution in [0.5, 0.6) is 0 Å². The number of rotatable bonds is 9. The molecule has 0 amide bonds. The monoisotopic (exact) mass is 456 g/mol. The van der Waals surface area contributed by atoms with Gasteiger partial charge in [0.05, 0.1) is 25.9 Å². The quantitative estimate of drug-likeness (QED) is 0.230. The summed E-state index contributed by atoms with van der Waals surface area (Å²) in [5, 5.41) is 6.66. The molecule has 0 aromatic heterocycles. The van der Waals surface area contributed by atoms with Crippen LogP contribution in [0.1, 0.15) is 19.3 Å². The number of morpholine rings is 1. The average molecular weight is 456 g/mol. The first-order valence-electron chi connectivity index (χ1n) is 8.70. The van der Waals surface area contributed by atoms with Crippen LogP contribution < -0.4 is 10.6 Å². The smallest absolute Gasteiger partial charge is 0.191 e. The van der Waals surface area contributed by atoms with E-state index in [1.165, 1.54) is 19.4 Å². The summed E-state index contributed by atoms with van der Waals surface area (Å²) < 4.78 is 16.3. The largest absolute Gasteiger partial charge is 0.382 e. The number of ether oxygens (including phenoxy) is 3. The predicted molar refractivity (Wildman–Crippen MR) is 106 cm³/mol. The van der Waals surface area contributed by atoms with E-state index >= 15 is 0 Å². The minimum Gasteiger partial charge on any atom is -0.382 e. The van der Waals surface area contributed by atoms with Crippen LogP contribution in [0.3, 0.4) is 0 Å². The predicted octanol–water partition coefficient (Wildman–Crippen LogP) is 0.686. The van der Waals surface area contributed by atoms with Gasteiger partial charge in [-0.15, -0.1) is 24.0 Å². The Bertz CT molecular complexity index is 360. The van der Waals surface area contributed by atoms with Crippen molar-refractivity contribution in [2.24, 2.45) is 4.99 Å². The van der Waals surface area contributed by atoms with E-state index in [1.54, 1.807) is 14.2 Å². The minimum absolute atomic E-state index is 0. The molecule has 0 aromatic rings. The molecule has 0 aromatic carbocycles. The highest BCUT2D eigenvalue weighted by Crippen LogP contribution is 2.22. The van der Waals surface area contributed by atoms with Gasteiger partial charge >= 0.3 is 0 Å². The van der Waals surface area contributed by atoms with Crippen LogP contribution in [0.15, 0.2) is 4.99 Å². The third-order valence-corrected chi connectivity index (χ3v) is 4.37. The zero-order chi connectivity index (χ0) is 16.3. The third kappa shape index (κ3) is 7.81. The second kappa shape index (κ2) is 13.1. The van der Waals surface area contributed by atoms with E-state index in [-0.39, 0.29) is 30.1 Å². The van der Waals surface area contributed by atoms with Gasteiger partial charge in [0.2, 0.25) is 0 Å². The molecule has 0 radical (unpaired) electrons. The number of hydrogen-bond acceptors (Lipinski definition) is 5. The van der Waals surface area contributed by atoms with Crippen molar-refractivity contribution in [1.82, 2.24) is 15.5 Å². The average Bonchev–Trinajstić information content (AvgIpc) is 3.04. The Morgan fingerprint density at radius 1 is 1.29 bits per heavy atom. The second-order valence-electron chi connectivity index (χ2n) is 6.08. The van der Waals surface area contributed by atoms with Crippen LogP contribution in [0.2, 0.25) is 0 Å². The highest BCUT2D eigenvalue weighted by molar-refractivity contribution is 14.0. The summed E-state index contributed by atoms with van der Waals surface area (Å²) in [7, 11) is 3.48. The Kier molecular flexibility index (Phi) is 11.9. The van der Waals surface area contributed by atoms with E-state index < -0.39 is 0 Å². The number of hydrogen-bond donors (Lipinski definition) is 2. The number of guanidine groups is 1. The van der Waals surface area contributed by atoms with E-state index in [1.807, 2.05) is 0 Å². The number of nitrogens with zero attached hydrogens (tertiary/aromatic N) is 2. The molecule has 2 unspecified atom stereocenters. The van der Waals surface area contributed by atoms with Crippen molar-refractivity contribution in [3.05, 3.63) is 0 Å². The molecule has 0 saturated carbocycles. The summed E-state index contributed by atoms with van der Waals surface area (Å²) in [5.41, 5.74) is 0. The summed E-state index contributed by atoms with van der Waals surface area (Å²) in [5.74, 6) is 0.828. The lowest BCUT2D eigenvalue weighted by Gasteiger charge is -2.35. The number of fused-ring (bicyclic) bond motifs is 1. The van der Waals surface area contributed by atoms with Gasteiger partial charge in [0.25, 0.3) is 0 Å². The maximum absolute atomic E-state index is 5.95. The maximum Gasteiger partial charge on any atom is 0.191 e. The molecule has 2 rings (SSSR count). The zero-order valence-electron chi connectivity index (χ0n) is 15.0. The summed E-state index contributed by atoms with van der Waals surface area (Å²) in [6.07, 6.45) is 3.79. The first-order chi connectivity index (χ1) is 11.3. The number of halogens is 1. The van der Waals surface area contributed by atoms with Crippen LogP contribution in [0, 0.1) is 0 Å². The van der Waals surface area contributed by atoms with Crippen molar-refractivity contribution in [2.45, 2.75) is 31.4 Å². The Labute approximate surface area is 162 Å². The van der Waals surface area contributed by atoms with Crippen LogP contribution in [0.25, 0.3) is 0 Å². The van der Waals surface area contributed by atoms with Crippen LogP contribution in [-0.2, 0) is 14.2 Å². The lowest BCUT2D eigenvalue weighted by Crippen LogP contribution is -2.51. The molecule has 2 N–H and O–H groups in total. The van der Waals surface area contributed by atoms with Gasteiger partial charge in [-0.2, -0.15) is 0 Å². The zero-order valence-corrected chi connectivity index (χ0v) is 17.3. The normalized spacial score (nSPS) is 24.3. The second-order valence-corrected chi connectivity index (χ2v) is 6.08. The standard InChI is InChI=1S/C16H32N4O3.HI/c1-17-16(18-6-4-8-22-10-9-21-2)19-11-15-12-20-7-3-5-14(20)13-23-15;/h14-15H,3-13H2,1-2H3,(H2,17,18,19);1H. The summed E-state index contributed by atoms with van der Waals surface area (Å²) in [4.78, 5) is 6.81. The summed E-state index contributed by atoms with van der Waals surface area (Å²) >= 11 is 0. The summed E-state index contributed by atoms with van der Waals surface area (Å²) in [6.45, 7) is 6.80.